The average molecular weight is 238 g/mol. The van der Waals surface area contributed by atoms with Crippen LogP contribution in [0.2, 0.25) is 0 Å². The summed E-state index contributed by atoms with van der Waals surface area (Å²) in [7, 11) is 0. The summed E-state index contributed by atoms with van der Waals surface area (Å²) in [6.07, 6.45) is 3.44. The van der Waals surface area contributed by atoms with E-state index in [1.165, 1.54) is 0 Å². The minimum absolute atomic E-state index is 0.0257. The second-order valence-electron chi connectivity index (χ2n) is 4.56. The fourth-order valence-corrected chi connectivity index (χ4v) is 2.39. The first-order valence-electron chi connectivity index (χ1n) is 6.11. The van der Waals surface area contributed by atoms with Gasteiger partial charge in [0.1, 0.15) is 0 Å². The third kappa shape index (κ3) is 2.12. The van der Waals surface area contributed by atoms with Gasteiger partial charge in [-0.15, -0.1) is 0 Å². The number of carbonyl (C=O) groups is 1. The summed E-state index contributed by atoms with van der Waals surface area (Å²) in [5.41, 5.74) is 2.94. The van der Waals surface area contributed by atoms with Crippen molar-refractivity contribution in [2.24, 2.45) is 0 Å². The van der Waals surface area contributed by atoms with Crippen LogP contribution in [0.4, 0.5) is 0 Å². The Labute approximate surface area is 106 Å². The Kier molecular flexibility index (Phi) is 2.81. The summed E-state index contributed by atoms with van der Waals surface area (Å²) in [5, 5.41) is 3.04. The van der Waals surface area contributed by atoms with Crippen LogP contribution in [-0.2, 0) is 12.8 Å². The average Bonchev–Trinajstić information content (AvgIpc) is 2.40. The molecule has 1 aliphatic rings. The molecule has 3 rings (SSSR count). The molecule has 1 aromatic heterocycles. The van der Waals surface area contributed by atoms with Crippen LogP contribution in [-0.4, -0.2) is 16.9 Å². The molecule has 3 heteroatoms. The van der Waals surface area contributed by atoms with Crippen LogP contribution in [0.15, 0.2) is 48.7 Å². The zero-order chi connectivity index (χ0) is 12.4. The normalized spacial score (nSPS) is 18.0. The first-order valence-corrected chi connectivity index (χ1v) is 6.11. The lowest BCUT2D eigenvalue weighted by Crippen LogP contribution is -2.42. The zero-order valence-electron chi connectivity index (χ0n) is 9.97. The van der Waals surface area contributed by atoms with Gasteiger partial charge in [-0.2, -0.15) is 0 Å². The van der Waals surface area contributed by atoms with Crippen molar-refractivity contribution in [1.29, 1.82) is 0 Å². The van der Waals surface area contributed by atoms with Crippen LogP contribution >= 0.6 is 0 Å². The molecule has 0 radical (unpaired) electrons. The third-order valence-electron chi connectivity index (χ3n) is 3.25. The number of carbonyl (C=O) groups excluding carboxylic acids is 1. The standard InChI is InChI=1S/C15H14N2O/c18-15-14-7-2-1-5-11(14)9-13(17-15)10-12-6-3-4-8-16-12/h1-8,13H,9-10H2,(H,17,18)/t13-/m1/s1. The number of pyridine rings is 1. The predicted octanol–water partition coefficient (Wildman–Crippen LogP) is 1.98. The maximum absolute atomic E-state index is 12.0. The predicted molar refractivity (Wildman–Crippen MR) is 69.3 cm³/mol. The molecule has 3 nitrogen and oxygen atoms in total. The number of nitrogens with one attached hydrogen (secondary N) is 1. The van der Waals surface area contributed by atoms with Crippen molar-refractivity contribution in [3.8, 4) is 0 Å². The maximum Gasteiger partial charge on any atom is 0.251 e. The SMILES string of the molecule is O=C1N[C@@H](Cc2ccccn2)Cc2ccccc21. The number of aromatic nitrogens is 1. The Morgan fingerprint density at radius 3 is 2.83 bits per heavy atom. The summed E-state index contributed by atoms with van der Waals surface area (Å²) >= 11 is 0. The van der Waals surface area contributed by atoms with E-state index in [1.807, 2.05) is 42.5 Å². The molecule has 1 aromatic carbocycles. The van der Waals surface area contributed by atoms with Gasteiger partial charge in [-0.25, -0.2) is 0 Å². The molecule has 0 saturated heterocycles. The quantitative estimate of drug-likeness (QED) is 0.869. The van der Waals surface area contributed by atoms with Crippen molar-refractivity contribution >= 4 is 5.91 Å². The van der Waals surface area contributed by atoms with Crippen LogP contribution < -0.4 is 5.32 Å². The molecular formula is C15H14N2O. The Hall–Kier alpha value is -2.16. The van der Waals surface area contributed by atoms with Crippen LogP contribution in [0.25, 0.3) is 0 Å². The van der Waals surface area contributed by atoms with E-state index in [0.717, 1.165) is 29.7 Å². The summed E-state index contributed by atoms with van der Waals surface area (Å²) in [6.45, 7) is 0. The molecule has 1 N–H and O–H groups in total. The molecule has 1 aliphatic heterocycles. The number of amides is 1. The van der Waals surface area contributed by atoms with Crippen molar-refractivity contribution in [2.75, 3.05) is 0 Å². The summed E-state index contributed by atoms with van der Waals surface area (Å²) < 4.78 is 0. The Bertz CT molecular complexity index is 566. The smallest absolute Gasteiger partial charge is 0.251 e. The van der Waals surface area contributed by atoms with E-state index >= 15 is 0 Å². The molecule has 0 spiro atoms. The molecule has 0 fully saturated rings. The maximum atomic E-state index is 12.0. The van der Waals surface area contributed by atoms with Crippen molar-refractivity contribution in [1.82, 2.24) is 10.3 Å². The van der Waals surface area contributed by atoms with Crippen molar-refractivity contribution in [3.05, 3.63) is 65.5 Å². The van der Waals surface area contributed by atoms with E-state index in [4.69, 9.17) is 0 Å². The topological polar surface area (TPSA) is 42.0 Å². The zero-order valence-corrected chi connectivity index (χ0v) is 9.97. The van der Waals surface area contributed by atoms with Gasteiger partial charge in [-0.3, -0.25) is 9.78 Å². The minimum atomic E-state index is 0.0257. The van der Waals surface area contributed by atoms with Gasteiger partial charge in [0.2, 0.25) is 0 Å². The highest BCUT2D eigenvalue weighted by molar-refractivity contribution is 5.97. The molecule has 0 unspecified atom stereocenters. The van der Waals surface area contributed by atoms with Gasteiger partial charge in [0.15, 0.2) is 0 Å². The lowest BCUT2D eigenvalue weighted by Gasteiger charge is -2.25. The molecule has 0 bridgehead atoms. The molecule has 2 heterocycles. The summed E-state index contributed by atoms with van der Waals surface area (Å²) in [4.78, 5) is 16.3. The van der Waals surface area contributed by atoms with Crippen molar-refractivity contribution in [3.63, 3.8) is 0 Å². The molecular weight excluding hydrogens is 224 g/mol. The highest BCUT2D eigenvalue weighted by Crippen LogP contribution is 2.18. The van der Waals surface area contributed by atoms with Gasteiger partial charge >= 0.3 is 0 Å². The number of rotatable bonds is 2. The molecule has 1 atom stereocenters. The molecule has 0 aliphatic carbocycles. The summed E-state index contributed by atoms with van der Waals surface area (Å²) in [5.74, 6) is 0.0257. The number of fused-ring (bicyclic) bond motifs is 1. The Morgan fingerprint density at radius 2 is 2.00 bits per heavy atom. The number of hydrogen-bond donors (Lipinski definition) is 1. The van der Waals surface area contributed by atoms with Gasteiger partial charge in [0.05, 0.1) is 0 Å². The van der Waals surface area contributed by atoms with Crippen LogP contribution in [0.5, 0.6) is 0 Å². The van der Waals surface area contributed by atoms with Crippen molar-refractivity contribution in [2.45, 2.75) is 18.9 Å². The van der Waals surface area contributed by atoms with E-state index < -0.39 is 0 Å². The van der Waals surface area contributed by atoms with E-state index in [2.05, 4.69) is 10.3 Å². The van der Waals surface area contributed by atoms with E-state index in [-0.39, 0.29) is 11.9 Å². The molecule has 1 amide bonds. The second-order valence-corrected chi connectivity index (χ2v) is 4.56. The van der Waals surface area contributed by atoms with E-state index in [0.29, 0.717) is 0 Å². The fraction of sp³-hybridized carbons (Fsp3) is 0.200. The minimum Gasteiger partial charge on any atom is -0.349 e. The number of benzene rings is 1. The van der Waals surface area contributed by atoms with Gasteiger partial charge in [-0.1, -0.05) is 24.3 Å². The van der Waals surface area contributed by atoms with E-state index in [9.17, 15) is 4.79 Å². The van der Waals surface area contributed by atoms with Crippen LogP contribution in [0.3, 0.4) is 0 Å². The van der Waals surface area contributed by atoms with Gasteiger partial charge in [0.25, 0.3) is 5.91 Å². The largest absolute Gasteiger partial charge is 0.349 e. The number of hydrogen-bond acceptors (Lipinski definition) is 2. The first-order chi connectivity index (χ1) is 8.83. The van der Waals surface area contributed by atoms with Crippen LogP contribution in [0.1, 0.15) is 21.6 Å². The van der Waals surface area contributed by atoms with Crippen LogP contribution in [0, 0.1) is 0 Å². The van der Waals surface area contributed by atoms with E-state index in [1.54, 1.807) is 6.20 Å². The van der Waals surface area contributed by atoms with Gasteiger partial charge in [0, 0.05) is 29.9 Å². The molecule has 90 valence electrons. The molecule has 2 aromatic rings. The highest BCUT2D eigenvalue weighted by Gasteiger charge is 2.23. The monoisotopic (exact) mass is 238 g/mol. The second kappa shape index (κ2) is 4.61. The summed E-state index contributed by atoms with van der Waals surface area (Å²) in [6, 6.07) is 13.8. The fourth-order valence-electron chi connectivity index (χ4n) is 2.39. The lowest BCUT2D eigenvalue weighted by molar-refractivity contribution is 0.0925. The molecule has 0 saturated carbocycles. The Balaban J connectivity index is 1.80. The van der Waals surface area contributed by atoms with Gasteiger partial charge in [-0.05, 0) is 30.2 Å². The number of nitrogens with zero attached hydrogens (tertiary/aromatic N) is 1. The van der Waals surface area contributed by atoms with Crippen molar-refractivity contribution < 1.29 is 4.79 Å². The molecule has 18 heavy (non-hydrogen) atoms. The first kappa shape index (κ1) is 11.0. The highest BCUT2D eigenvalue weighted by atomic mass is 16.1. The van der Waals surface area contributed by atoms with Gasteiger partial charge < -0.3 is 5.32 Å². The lowest BCUT2D eigenvalue weighted by atomic mass is 9.93. The Morgan fingerprint density at radius 1 is 1.17 bits per heavy atom. The third-order valence-corrected chi connectivity index (χ3v) is 3.25.